The van der Waals surface area contributed by atoms with Gasteiger partial charge in [-0.25, -0.2) is 4.79 Å². The second-order valence-corrected chi connectivity index (χ2v) is 5.69. The van der Waals surface area contributed by atoms with E-state index in [4.69, 9.17) is 10.5 Å². The SMILES string of the molecule is Cc1ccc(COC(=O)N[C@@H](CC(C)C)C([NH])=O)cc1C. The molecule has 2 amide bonds. The average molecular weight is 291 g/mol. The maximum atomic E-state index is 11.7. The quantitative estimate of drug-likeness (QED) is 0.875. The Morgan fingerprint density at radius 1 is 1.24 bits per heavy atom. The number of ether oxygens (including phenoxy) is 1. The minimum absolute atomic E-state index is 0.146. The summed E-state index contributed by atoms with van der Waals surface area (Å²) in [5.74, 6) is -0.587. The number of nitrogens with one attached hydrogen (secondary N) is 2. The minimum Gasteiger partial charge on any atom is -0.445 e. The van der Waals surface area contributed by atoms with Crippen LogP contribution in [0.4, 0.5) is 4.79 Å². The number of rotatable bonds is 6. The molecule has 2 N–H and O–H groups in total. The number of hydrogen-bond acceptors (Lipinski definition) is 3. The predicted octanol–water partition coefficient (Wildman–Crippen LogP) is 2.75. The van der Waals surface area contributed by atoms with Gasteiger partial charge in [0.1, 0.15) is 12.6 Å². The zero-order valence-corrected chi connectivity index (χ0v) is 13.0. The number of carbonyl (C=O) groups excluding carboxylic acids is 2. The van der Waals surface area contributed by atoms with Gasteiger partial charge in [-0.05, 0) is 42.9 Å². The number of benzene rings is 1. The van der Waals surface area contributed by atoms with Crippen LogP contribution in [0.1, 0.15) is 37.0 Å². The first kappa shape index (κ1) is 17.0. The largest absolute Gasteiger partial charge is 0.445 e. The normalized spacial score (nSPS) is 12.0. The number of aryl methyl sites for hydroxylation is 2. The van der Waals surface area contributed by atoms with Crippen molar-refractivity contribution >= 4 is 12.0 Å². The maximum absolute atomic E-state index is 11.7. The van der Waals surface area contributed by atoms with E-state index in [-0.39, 0.29) is 12.5 Å². The Kier molecular flexibility index (Phi) is 6.21. The highest BCUT2D eigenvalue weighted by Gasteiger charge is 2.20. The molecule has 1 atom stereocenters. The van der Waals surface area contributed by atoms with Crippen LogP contribution < -0.4 is 11.1 Å². The number of alkyl carbamates (subject to hydrolysis) is 1. The molecule has 0 saturated heterocycles. The molecule has 0 heterocycles. The molecular weight excluding hydrogens is 268 g/mol. The number of hydrogen-bond donors (Lipinski definition) is 1. The molecule has 0 aliphatic heterocycles. The monoisotopic (exact) mass is 291 g/mol. The first-order chi connectivity index (χ1) is 9.79. The zero-order valence-electron chi connectivity index (χ0n) is 13.0. The summed E-state index contributed by atoms with van der Waals surface area (Å²) in [6.45, 7) is 8.02. The summed E-state index contributed by atoms with van der Waals surface area (Å²) in [5.41, 5.74) is 10.4. The minimum atomic E-state index is -0.808. The smallest absolute Gasteiger partial charge is 0.408 e. The van der Waals surface area contributed by atoms with E-state index in [0.717, 1.165) is 11.1 Å². The van der Waals surface area contributed by atoms with Crippen LogP contribution in [-0.4, -0.2) is 18.0 Å². The van der Waals surface area contributed by atoms with Crippen LogP contribution in [-0.2, 0) is 16.1 Å². The van der Waals surface area contributed by atoms with Gasteiger partial charge in [0.05, 0.1) is 0 Å². The molecular formula is C16H23N2O3. The van der Waals surface area contributed by atoms with Gasteiger partial charge >= 0.3 is 6.09 Å². The van der Waals surface area contributed by atoms with Gasteiger partial charge < -0.3 is 10.1 Å². The van der Waals surface area contributed by atoms with E-state index in [2.05, 4.69) is 5.32 Å². The molecule has 0 aromatic heterocycles. The summed E-state index contributed by atoms with van der Waals surface area (Å²) in [6, 6.07) is 5.03. The Labute approximate surface area is 125 Å². The molecule has 0 unspecified atom stereocenters. The highest BCUT2D eigenvalue weighted by atomic mass is 16.5. The summed E-state index contributed by atoms with van der Waals surface area (Å²) in [5, 5.41) is 2.45. The fraction of sp³-hybridized carbons (Fsp3) is 0.500. The average Bonchev–Trinajstić information content (AvgIpc) is 2.38. The number of amides is 2. The molecule has 0 aliphatic carbocycles. The molecule has 21 heavy (non-hydrogen) atoms. The van der Waals surface area contributed by atoms with E-state index < -0.39 is 18.0 Å². The third-order valence-corrected chi connectivity index (χ3v) is 3.26. The van der Waals surface area contributed by atoms with Gasteiger partial charge in [-0.1, -0.05) is 32.0 Å². The summed E-state index contributed by atoms with van der Waals surface area (Å²) in [4.78, 5) is 22.9. The Hall–Kier alpha value is -2.04. The van der Waals surface area contributed by atoms with Crippen molar-refractivity contribution in [3.63, 3.8) is 0 Å². The van der Waals surface area contributed by atoms with Gasteiger partial charge in [0.25, 0.3) is 5.91 Å². The van der Waals surface area contributed by atoms with Crippen LogP contribution in [0.15, 0.2) is 18.2 Å². The summed E-state index contributed by atoms with van der Waals surface area (Å²) in [6.07, 6.45) is -0.236. The van der Waals surface area contributed by atoms with E-state index in [0.29, 0.717) is 6.42 Å². The van der Waals surface area contributed by atoms with Crippen molar-refractivity contribution in [2.45, 2.75) is 46.8 Å². The lowest BCUT2D eigenvalue weighted by molar-refractivity contribution is -0.120. The van der Waals surface area contributed by atoms with Crippen molar-refractivity contribution < 1.29 is 14.3 Å². The zero-order chi connectivity index (χ0) is 16.0. The van der Waals surface area contributed by atoms with Crippen molar-refractivity contribution in [3.8, 4) is 0 Å². The lowest BCUT2D eigenvalue weighted by Gasteiger charge is -2.16. The van der Waals surface area contributed by atoms with Crippen LogP contribution in [0.2, 0.25) is 0 Å². The fourth-order valence-electron chi connectivity index (χ4n) is 1.93. The Morgan fingerprint density at radius 3 is 2.43 bits per heavy atom. The lowest BCUT2D eigenvalue weighted by Crippen LogP contribution is -2.42. The summed E-state index contributed by atoms with van der Waals surface area (Å²) >= 11 is 0. The molecule has 5 nitrogen and oxygen atoms in total. The van der Waals surface area contributed by atoms with Gasteiger partial charge in [-0.15, -0.1) is 0 Å². The molecule has 1 aromatic rings. The van der Waals surface area contributed by atoms with Gasteiger partial charge in [0, 0.05) is 0 Å². The van der Waals surface area contributed by atoms with Gasteiger partial charge in [0.2, 0.25) is 0 Å². The van der Waals surface area contributed by atoms with E-state index in [1.54, 1.807) is 0 Å². The second kappa shape index (κ2) is 7.67. The first-order valence-electron chi connectivity index (χ1n) is 7.04. The van der Waals surface area contributed by atoms with Crippen molar-refractivity contribution in [1.82, 2.24) is 11.1 Å². The van der Waals surface area contributed by atoms with Crippen molar-refractivity contribution in [2.75, 3.05) is 0 Å². The third-order valence-electron chi connectivity index (χ3n) is 3.26. The summed E-state index contributed by atoms with van der Waals surface area (Å²) < 4.78 is 5.10. The van der Waals surface area contributed by atoms with Crippen LogP contribution in [0.5, 0.6) is 0 Å². The predicted molar refractivity (Wildman–Crippen MR) is 80.6 cm³/mol. The van der Waals surface area contributed by atoms with Crippen molar-refractivity contribution in [1.29, 1.82) is 0 Å². The highest BCUT2D eigenvalue weighted by Crippen LogP contribution is 2.11. The Balaban J connectivity index is 2.52. The van der Waals surface area contributed by atoms with E-state index in [1.807, 2.05) is 45.9 Å². The molecule has 0 aliphatic rings. The van der Waals surface area contributed by atoms with Crippen molar-refractivity contribution in [2.24, 2.45) is 5.92 Å². The third kappa shape index (κ3) is 5.85. The fourth-order valence-corrected chi connectivity index (χ4v) is 1.93. The molecule has 0 spiro atoms. The number of carbonyl (C=O) groups is 2. The molecule has 1 aromatic carbocycles. The lowest BCUT2D eigenvalue weighted by atomic mass is 10.0. The van der Waals surface area contributed by atoms with Crippen molar-refractivity contribution in [3.05, 3.63) is 34.9 Å². The van der Waals surface area contributed by atoms with Gasteiger partial charge in [-0.3, -0.25) is 10.5 Å². The molecule has 1 radical (unpaired) electrons. The van der Waals surface area contributed by atoms with Crippen LogP contribution in [0.3, 0.4) is 0 Å². The van der Waals surface area contributed by atoms with E-state index >= 15 is 0 Å². The van der Waals surface area contributed by atoms with E-state index in [1.165, 1.54) is 5.56 Å². The van der Waals surface area contributed by atoms with Crippen LogP contribution in [0.25, 0.3) is 0 Å². The summed E-state index contributed by atoms with van der Waals surface area (Å²) in [7, 11) is 0. The molecule has 0 fully saturated rings. The second-order valence-electron chi connectivity index (χ2n) is 5.69. The van der Waals surface area contributed by atoms with Gasteiger partial charge in [-0.2, -0.15) is 0 Å². The Bertz CT molecular complexity index is 512. The van der Waals surface area contributed by atoms with Crippen LogP contribution in [0, 0.1) is 19.8 Å². The Morgan fingerprint density at radius 2 is 1.90 bits per heavy atom. The van der Waals surface area contributed by atoms with E-state index in [9.17, 15) is 9.59 Å². The standard InChI is InChI=1S/C16H23N2O3/c1-10(2)7-14(15(17)19)18-16(20)21-9-13-6-5-11(3)12(4)8-13/h5-6,8,10,14,17H,7,9H2,1-4H3,(H,18,20)/t14-/m0/s1. The van der Waals surface area contributed by atoms with Gasteiger partial charge in [0.15, 0.2) is 0 Å². The highest BCUT2D eigenvalue weighted by molar-refractivity contribution is 5.83. The molecule has 115 valence electrons. The van der Waals surface area contributed by atoms with Crippen LogP contribution >= 0.6 is 0 Å². The molecule has 0 bridgehead atoms. The molecule has 5 heteroatoms. The first-order valence-corrected chi connectivity index (χ1v) is 7.04. The topological polar surface area (TPSA) is 79.2 Å². The molecule has 0 saturated carbocycles. The maximum Gasteiger partial charge on any atom is 0.408 e. The molecule has 1 rings (SSSR count).